The van der Waals surface area contributed by atoms with Gasteiger partial charge in [-0.25, -0.2) is 4.79 Å². The first-order chi connectivity index (χ1) is 7.61. The lowest BCUT2D eigenvalue weighted by Gasteiger charge is -2.08. The fourth-order valence-corrected chi connectivity index (χ4v) is 2.20. The van der Waals surface area contributed by atoms with E-state index in [1.807, 2.05) is 18.4 Å². The minimum Gasteiger partial charge on any atom is -0.423 e. The second-order valence-corrected chi connectivity index (χ2v) is 4.92. The molecule has 0 aliphatic heterocycles. The van der Waals surface area contributed by atoms with Crippen LogP contribution in [0.25, 0.3) is 11.0 Å². The van der Waals surface area contributed by atoms with Crippen molar-refractivity contribution in [2.24, 2.45) is 0 Å². The molecule has 0 saturated carbocycles. The summed E-state index contributed by atoms with van der Waals surface area (Å²) in [4.78, 5) is 12.5. The zero-order valence-corrected chi connectivity index (χ0v) is 10.4. The monoisotopic (exact) mass is 234 g/mol. The van der Waals surface area contributed by atoms with E-state index in [1.54, 1.807) is 17.8 Å². The highest BCUT2D eigenvalue weighted by atomic mass is 32.2. The maximum Gasteiger partial charge on any atom is 0.336 e. The molecule has 0 unspecified atom stereocenters. The van der Waals surface area contributed by atoms with E-state index in [0.29, 0.717) is 11.5 Å². The van der Waals surface area contributed by atoms with Gasteiger partial charge in [0, 0.05) is 16.3 Å². The number of benzene rings is 1. The van der Waals surface area contributed by atoms with Crippen molar-refractivity contribution in [3.05, 3.63) is 40.2 Å². The maximum absolute atomic E-state index is 11.4. The smallest absolute Gasteiger partial charge is 0.336 e. The van der Waals surface area contributed by atoms with Gasteiger partial charge in [-0.05, 0) is 35.9 Å². The largest absolute Gasteiger partial charge is 0.423 e. The van der Waals surface area contributed by atoms with Crippen LogP contribution in [-0.2, 0) is 0 Å². The molecule has 2 aromatic rings. The summed E-state index contributed by atoms with van der Waals surface area (Å²) in [6.07, 6.45) is 2.01. The van der Waals surface area contributed by atoms with Gasteiger partial charge in [-0.15, -0.1) is 11.8 Å². The molecule has 0 spiro atoms. The van der Waals surface area contributed by atoms with Gasteiger partial charge in [-0.3, -0.25) is 0 Å². The summed E-state index contributed by atoms with van der Waals surface area (Å²) in [7, 11) is 0. The quantitative estimate of drug-likeness (QED) is 0.587. The summed E-state index contributed by atoms with van der Waals surface area (Å²) in [6.45, 7) is 4.16. The fourth-order valence-electron chi connectivity index (χ4n) is 1.77. The lowest BCUT2D eigenvalue weighted by molar-refractivity contribution is 0.556. The molecular formula is C13H14O2S. The van der Waals surface area contributed by atoms with Gasteiger partial charge in [-0.1, -0.05) is 13.8 Å². The highest BCUT2D eigenvalue weighted by Crippen LogP contribution is 2.27. The van der Waals surface area contributed by atoms with Gasteiger partial charge in [0.2, 0.25) is 0 Å². The molecule has 1 aromatic heterocycles. The Morgan fingerprint density at radius 2 is 2.00 bits per heavy atom. The van der Waals surface area contributed by atoms with Crippen molar-refractivity contribution in [3.8, 4) is 0 Å². The third-order valence-corrected chi connectivity index (χ3v) is 3.33. The molecule has 0 aliphatic rings. The Bertz CT molecular complexity index is 570. The van der Waals surface area contributed by atoms with Crippen molar-refractivity contribution >= 4 is 22.7 Å². The van der Waals surface area contributed by atoms with Gasteiger partial charge in [0.1, 0.15) is 5.58 Å². The van der Waals surface area contributed by atoms with E-state index in [0.717, 1.165) is 15.8 Å². The van der Waals surface area contributed by atoms with Gasteiger partial charge in [0.25, 0.3) is 0 Å². The van der Waals surface area contributed by atoms with Crippen LogP contribution < -0.4 is 5.63 Å². The molecule has 3 heteroatoms. The molecule has 2 nitrogen and oxygen atoms in total. The Hall–Kier alpha value is -1.22. The Kier molecular flexibility index (Phi) is 3.06. The Balaban J connectivity index is 2.78. The molecule has 2 rings (SSSR count). The predicted molar refractivity (Wildman–Crippen MR) is 68.4 cm³/mol. The summed E-state index contributed by atoms with van der Waals surface area (Å²) in [5.41, 5.74) is 1.47. The Morgan fingerprint density at radius 1 is 1.25 bits per heavy atom. The number of thioether (sulfide) groups is 1. The van der Waals surface area contributed by atoms with Crippen molar-refractivity contribution in [3.63, 3.8) is 0 Å². The van der Waals surface area contributed by atoms with Crippen molar-refractivity contribution in [2.45, 2.75) is 24.7 Å². The van der Waals surface area contributed by atoms with E-state index in [1.165, 1.54) is 0 Å². The summed E-state index contributed by atoms with van der Waals surface area (Å²) >= 11 is 1.64. The number of rotatable bonds is 2. The molecule has 0 radical (unpaired) electrons. The van der Waals surface area contributed by atoms with Crippen LogP contribution in [0, 0.1) is 0 Å². The fraction of sp³-hybridized carbons (Fsp3) is 0.308. The third-order valence-electron chi connectivity index (χ3n) is 2.61. The SMILES string of the molecule is CSc1ccc2c(C(C)C)cc(=O)oc2c1. The zero-order valence-electron chi connectivity index (χ0n) is 9.61. The molecule has 0 amide bonds. The van der Waals surface area contributed by atoms with Crippen LogP contribution in [0.4, 0.5) is 0 Å². The summed E-state index contributed by atoms with van der Waals surface area (Å²) in [5.74, 6) is 0.326. The van der Waals surface area contributed by atoms with Crippen molar-refractivity contribution in [1.82, 2.24) is 0 Å². The van der Waals surface area contributed by atoms with Crippen molar-refractivity contribution < 1.29 is 4.42 Å². The average molecular weight is 234 g/mol. The lowest BCUT2D eigenvalue weighted by Crippen LogP contribution is -2.01. The molecule has 0 fully saturated rings. The first-order valence-corrected chi connectivity index (χ1v) is 6.46. The summed E-state index contributed by atoms with van der Waals surface area (Å²) < 4.78 is 5.23. The van der Waals surface area contributed by atoms with Gasteiger partial charge < -0.3 is 4.42 Å². The van der Waals surface area contributed by atoms with Gasteiger partial charge in [-0.2, -0.15) is 0 Å². The Morgan fingerprint density at radius 3 is 2.62 bits per heavy atom. The van der Waals surface area contributed by atoms with Crippen LogP contribution in [0.5, 0.6) is 0 Å². The number of fused-ring (bicyclic) bond motifs is 1. The summed E-state index contributed by atoms with van der Waals surface area (Å²) in [6, 6.07) is 7.59. The Labute approximate surface area is 98.7 Å². The van der Waals surface area contributed by atoms with E-state index in [2.05, 4.69) is 19.9 Å². The van der Waals surface area contributed by atoms with Crippen LogP contribution in [0.2, 0.25) is 0 Å². The van der Waals surface area contributed by atoms with E-state index in [4.69, 9.17) is 4.42 Å². The lowest BCUT2D eigenvalue weighted by atomic mass is 10.00. The molecule has 0 N–H and O–H groups in total. The van der Waals surface area contributed by atoms with E-state index >= 15 is 0 Å². The molecule has 0 aliphatic carbocycles. The van der Waals surface area contributed by atoms with Gasteiger partial charge >= 0.3 is 5.63 Å². The molecule has 0 saturated heterocycles. The molecule has 1 aromatic carbocycles. The standard InChI is InChI=1S/C13H14O2S/c1-8(2)11-7-13(14)15-12-6-9(16-3)4-5-10(11)12/h4-8H,1-3H3. The van der Waals surface area contributed by atoms with Crippen molar-refractivity contribution in [2.75, 3.05) is 6.26 Å². The number of hydrogen-bond acceptors (Lipinski definition) is 3. The van der Waals surface area contributed by atoms with Crippen LogP contribution in [-0.4, -0.2) is 6.26 Å². The molecule has 1 heterocycles. The zero-order chi connectivity index (χ0) is 11.7. The van der Waals surface area contributed by atoms with Crippen LogP contribution in [0.1, 0.15) is 25.3 Å². The topological polar surface area (TPSA) is 30.2 Å². The first-order valence-electron chi connectivity index (χ1n) is 5.23. The van der Waals surface area contributed by atoms with E-state index in [-0.39, 0.29) is 5.63 Å². The van der Waals surface area contributed by atoms with Gasteiger partial charge in [0.05, 0.1) is 0 Å². The second kappa shape index (κ2) is 4.34. The molecule has 16 heavy (non-hydrogen) atoms. The third kappa shape index (κ3) is 2.00. The first kappa shape index (κ1) is 11.3. The molecular weight excluding hydrogens is 220 g/mol. The minimum atomic E-state index is -0.269. The minimum absolute atomic E-state index is 0.269. The molecule has 84 valence electrons. The van der Waals surface area contributed by atoms with Gasteiger partial charge in [0.15, 0.2) is 0 Å². The second-order valence-electron chi connectivity index (χ2n) is 4.04. The molecule has 0 bridgehead atoms. The average Bonchev–Trinajstić information content (AvgIpc) is 2.26. The van der Waals surface area contributed by atoms with Crippen LogP contribution in [0.3, 0.4) is 0 Å². The van der Waals surface area contributed by atoms with E-state index in [9.17, 15) is 4.79 Å². The molecule has 0 atom stereocenters. The van der Waals surface area contributed by atoms with Crippen LogP contribution in [0.15, 0.2) is 38.4 Å². The highest BCUT2D eigenvalue weighted by molar-refractivity contribution is 7.98. The maximum atomic E-state index is 11.4. The van der Waals surface area contributed by atoms with E-state index < -0.39 is 0 Å². The normalized spacial score (nSPS) is 11.2. The van der Waals surface area contributed by atoms with Crippen LogP contribution >= 0.6 is 11.8 Å². The number of hydrogen-bond donors (Lipinski definition) is 0. The summed E-state index contributed by atoms with van der Waals surface area (Å²) in [5, 5.41) is 1.03. The van der Waals surface area contributed by atoms with Crippen molar-refractivity contribution in [1.29, 1.82) is 0 Å². The highest BCUT2D eigenvalue weighted by Gasteiger charge is 2.09. The predicted octanol–water partition coefficient (Wildman–Crippen LogP) is 3.64.